The third-order valence-electron chi connectivity index (χ3n) is 2.84. The lowest BCUT2D eigenvalue weighted by molar-refractivity contribution is -0.141. The zero-order chi connectivity index (χ0) is 14.0. The number of carbonyl (C=O) groups excluding carboxylic acids is 1. The molecule has 0 bridgehead atoms. The minimum atomic E-state index is -1.07. The Bertz CT molecular complexity index is 588. The molecule has 0 aliphatic rings. The van der Waals surface area contributed by atoms with Crippen LogP contribution in [0.1, 0.15) is 17.4 Å². The van der Waals surface area contributed by atoms with Crippen molar-refractivity contribution in [1.82, 2.24) is 15.1 Å². The third-order valence-corrected chi connectivity index (χ3v) is 2.84. The minimum absolute atomic E-state index is 0.141. The van der Waals surface area contributed by atoms with Crippen LogP contribution in [0.25, 0.3) is 11.5 Å². The molecule has 0 aromatic carbocycles. The van der Waals surface area contributed by atoms with Crippen molar-refractivity contribution in [3.05, 3.63) is 30.2 Å². The van der Waals surface area contributed by atoms with Gasteiger partial charge in [-0.1, -0.05) is 0 Å². The van der Waals surface area contributed by atoms with Crippen molar-refractivity contribution in [2.24, 2.45) is 0 Å². The van der Waals surface area contributed by atoms with Crippen LogP contribution >= 0.6 is 0 Å². The number of carboxylic acid groups (broad SMARTS) is 1. The van der Waals surface area contributed by atoms with E-state index in [9.17, 15) is 9.59 Å². The van der Waals surface area contributed by atoms with Gasteiger partial charge >= 0.3 is 5.97 Å². The standard InChI is InChI=1S/C12H13N3O4/c1-7(12(17)18)15(2)11(16)9-6-8(13-14-9)10-4-3-5-19-10/h3-7H,1-2H3,(H,13,14)(H,17,18). The van der Waals surface area contributed by atoms with Crippen molar-refractivity contribution in [2.45, 2.75) is 13.0 Å². The van der Waals surface area contributed by atoms with E-state index < -0.39 is 17.9 Å². The number of carboxylic acids is 1. The average molecular weight is 263 g/mol. The highest BCUT2D eigenvalue weighted by atomic mass is 16.4. The van der Waals surface area contributed by atoms with Crippen molar-refractivity contribution in [3.63, 3.8) is 0 Å². The normalized spacial score (nSPS) is 12.1. The molecular formula is C12H13N3O4. The summed E-state index contributed by atoms with van der Waals surface area (Å²) >= 11 is 0. The molecule has 2 rings (SSSR count). The number of nitrogens with one attached hydrogen (secondary N) is 1. The third kappa shape index (κ3) is 2.49. The van der Waals surface area contributed by atoms with Gasteiger partial charge < -0.3 is 14.4 Å². The summed E-state index contributed by atoms with van der Waals surface area (Å²) in [6.45, 7) is 1.43. The first-order valence-corrected chi connectivity index (χ1v) is 5.60. The van der Waals surface area contributed by atoms with Crippen LogP contribution in [0, 0.1) is 0 Å². The molecule has 0 aliphatic heterocycles. The first-order valence-electron chi connectivity index (χ1n) is 5.60. The van der Waals surface area contributed by atoms with E-state index in [-0.39, 0.29) is 5.69 Å². The van der Waals surface area contributed by atoms with Crippen molar-refractivity contribution >= 4 is 11.9 Å². The summed E-state index contributed by atoms with van der Waals surface area (Å²) in [5, 5.41) is 15.4. The molecule has 7 heteroatoms. The Labute approximate surface area is 108 Å². The molecular weight excluding hydrogens is 250 g/mol. The van der Waals surface area contributed by atoms with Crippen molar-refractivity contribution < 1.29 is 19.1 Å². The van der Waals surface area contributed by atoms with Crippen LogP contribution in [-0.4, -0.2) is 45.2 Å². The summed E-state index contributed by atoms with van der Waals surface area (Å²) in [5.41, 5.74) is 0.701. The smallest absolute Gasteiger partial charge is 0.326 e. The molecule has 1 atom stereocenters. The first-order chi connectivity index (χ1) is 9.00. The number of furan rings is 1. The van der Waals surface area contributed by atoms with Gasteiger partial charge in [0.1, 0.15) is 11.7 Å². The number of hydrogen-bond acceptors (Lipinski definition) is 4. The number of carbonyl (C=O) groups is 2. The maximum atomic E-state index is 12.0. The number of amides is 1. The number of hydrogen-bond donors (Lipinski definition) is 2. The van der Waals surface area contributed by atoms with Crippen LogP contribution in [0.4, 0.5) is 0 Å². The summed E-state index contributed by atoms with van der Waals surface area (Å²) in [6, 6.07) is 4.05. The zero-order valence-electron chi connectivity index (χ0n) is 10.5. The van der Waals surface area contributed by atoms with Crippen molar-refractivity contribution in [1.29, 1.82) is 0 Å². The number of aromatic amines is 1. The molecule has 0 spiro atoms. The Hall–Kier alpha value is -2.57. The molecule has 2 aromatic rings. The van der Waals surface area contributed by atoms with Crippen LogP contribution in [0.5, 0.6) is 0 Å². The van der Waals surface area contributed by atoms with E-state index >= 15 is 0 Å². The van der Waals surface area contributed by atoms with Gasteiger partial charge in [0.25, 0.3) is 5.91 Å². The number of rotatable bonds is 4. The van der Waals surface area contributed by atoms with Crippen LogP contribution in [0.3, 0.4) is 0 Å². The first kappa shape index (κ1) is 12.9. The van der Waals surface area contributed by atoms with E-state index in [0.717, 1.165) is 4.90 Å². The second kappa shape index (κ2) is 4.97. The Morgan fingerprint density at radius 1 is 1.53 bits per heavy atom. The summed E-state index contributed by atoms with van der Waals surface area (Å²) in [4.78, 5) is 24.0. The maximum absolute atomic E-state index is 12.0. The van der Waals surface area contributed by atoms with Crippen molar-refractivity contribution in [2.75, 3.05) is 7.05 Å². The van der Waals surface area contributed by atoms with Gasteiger partial charge in [0.05, 0.1) is 6.26 Å². The second-order valence-electron chi connectivity index (χ2n) is 4.07. The van der Waals surface area contributed by atoms with E-state index in [2.05, 4.69) is 10.2 Å². The fourth-order valence-electron chi connectivity index (χ4n) is 1.51. The number of aliphatic carboxylic acids is 1. The molecule has 0 aliphatic carbocycles. The van der Waals surface area contributed by atoms with Gasteiger partial charge in [-0.3, -0.25) is 9.89 Å². The SMILES string of the molecule is CC(C(=O)O)N(C)C(=O)c1cc(-c2ccco2)[nH]n1. The molecule has 2 N–H and O–H groups in total. The fourth-order valence-corrected chi connectivity index (χ4v) is 1.51. The summed E-state index contributed by atoms with van der Waals surface area (Å²) < 4.78 is 5.17. The number of aromatic nitrogens is 2. The van der Waals surface area contributed by atoms with Gasteiger partial charge in [-0.25, -0.2) is 4.79 Å². The summed E-state index contributed by atoms with van der Waals surface area (Å²) in [7, 11) is 1.42. The molecule has 1 amide bonds. The van der Waals surface area contributed by atoms with Crippen LogP contribution in [0.2, 0.25) is 0 Å². The Morgan fingerprint density at radius 2 is 2.26 bits per heavy atom. The van der Waals surface area contributed by atoms with Crippen LogP contribution < -0.4 is 0 Å². The molecule has 7 nitrogen and oxygen atoms in total. The van der Waals surface area contributed by atoms with Gasteiger partial charge in [-0.15, -0.1) is 0 Å². The number of nitrogens with zero attached hydrogens (tertiary/aromatic N) is 2. The predicted octanol–water partition coefficient (Wildman–Crippen LogP) is 1.21. The Balaban J connectivity index is 2.19. The van der Waals surface area contributed by atoms with Crippen LogP contribution in [-0.2, 0) is 4.79 Å². The van der Waals surface area contributed by atoms with E-state index in [1.807, 2.05) is 0 Å². The highest BCUT2D eigenvalue weighted by Crippen LogP contribution is 2.18. The highest BCUT2D eigenvalue weighted by Gasteiger charge is 2.24. The lowest BCUT2D eigenvalue weighted by Crippen LogP contribution is -2.40. The van der Waals surface area contributed by atoms with Gasteiger partial charge in [-0.2, -0.15) is 5.10 Å². The number of H-pyrrole nitrogens is 1. The molecule has 0 radical (unpaired) electrons. The molecule has 100 valence electrons. The van der Waals surface area contributed by atoms with Gasteiger partial charge in [0.15, 0.2) is 11.5 Å². The topological polar surface area (TPSA) is 99.4 Å². The van der Waals surface area contributed by atoms with E-state index in [1.165, 1.54) is 26.3 Å². The molecule has 1 unspecified atom stereocenters. The van der Waals surface area contributed by atoms with E-state index in [4.69, 9.17) is 9.52 Å². The Morgan fingerprint density at radius 3 is 2.84 bits per heavy atom. The van der Waals surface area contributed by atoms with Gasteiger partial charge in [0.2, 0.25) is 0 Å². The maximum Gasteiger partial charge on any atom is 0.326 e. The molecule has 2 aromatic heterocycles. The minimum Gasteiger partial charge on any atom is -0.480 e. The number of likely N-dealkylation sites (N-methyl/N-ethyl adjacent to an activating group) is 1. The molecule has 2 heterocycles. The Kier molecular flexibility index (Phi) is 3.37. The largest absolute Gasteiger partial charge is 0.480 e. The van der Waals surface area contributed by atoms with Crippen LogP contribution in [0.15, 0.2) is 28.9 Å². The second-order valence-corrected chi connectivity index (χ2v) is 4.07. The molecule has 19 heavy (non-hydrogen) atoms. The summed E-state index contributed by atoms with van der Waals surface area (Å²) in [6.07, 6.45) is 1.51. The lowest BCUT2D eigenvalue weighted by atomic mass is 10.2. The lowest BCUT2D eigenvalue weighted by Gasteiger charge is -2.20. The quantitative estimate of drug-likeness (QED) is 0.863. The van der Waals surface area contributed by atoms with E-state index in [1.54, 1.807) is 12.1 Å². The highest BCUT2D eigenvalue weighted by molar-refractivity contribution is 5.95. The van der Waals surface area contributed by atoms with Gasteiger partial charge in [-0.05, 0) is 19.1 Å². The van der Waals surface area contributed by atoms with E-state index in [0.29, 0.717) is 11.5 Å². The molecule has 0 saturated heterocycles. The summed E-state index contributed by atoms with van der Waals surface area (Å²) in [5.74, 6) is -0.984. The monoisotopic (exact) mass is 263 g/mol. The molecule has 0 fully saturated rings. The van der Waals surface area contributed by atoms with Crippen molar-refractivity contribution in [3.8, 4) is 11.5 Å². The zero-order valence-corrected chi connectivity index (χ0v) is 10.5. The predicted molar refractivity (Wildman–Crippen MR) is 65.5 cm³/mol. The fraction of sp³-hybridized carbons (Fsp3) is 0.250. The van der Waals surface area contributed by atoms with Gasteiger partial charge in [0, 0.05) is 13.1 Å². The molecule has 0 saturated carbocycles. The average Bonchev–Trinajstić information content (AvgIpc) is 3.05.